The fourth-order valence-electron chi connectivity index (χ4n) is 4.25. The molecule has 5 nitrogen and oxygen atoms in total. The Bertz CT molecular complexity index is 1000. The van der Waals surface area contributed by atoms with E-state index in [-0.39, 0.29) is 22.5 Å². The van der Waals surface area contributed by atoms with Gasteiger partial charge >= 0.3 is 0 Å². The highest BCUT2D eigenvalue weighted by Gasteiger charge is 2.67. The van der Waals surface area contributed by atoms with Gasteiger partial charge in [0.1, 0.15) is 5.78 Å². The molecule has 134 valence electrons. The molecule has 0 N–H and O–H groups in total. The van der Waals surface area contributed by atoms with E-state index in [1.165, 1.54) is 0 Å². The molecular weight excluding hydrogens is 324 g/mol. The van der Waals surface area contributed by atoms with Crippen molar-refractivity contribution in [1.82, 2.24) is 19.7 Å². The van der Waals surface area contributed by atoms with E-state index in [1.807, 2.05) is 36.0 Å². The van der Waals surface area contributed by atoms with Gasteiger partial charge < -0.3 is 4.57 Å². The van der Waals surface area contributed by atoms with Crippen molar-refractivity contribution in [3.63, 3.8) is 0 Å². The molecule has 1 aliphatic rings. The minimum Gasteiger partial charge on any atom is -0.334 e. The van der Waals surface area contributed by atoms with Crippen LogP contribution in [0.3, 0.4) is 0 Å². The summed E-state index contributed by atoms with van der Waals surface area (Å²) >= 11 is 0. The topological polar surface area (TPSA) is 60.7 Å². The summed E-state index contributed by atoms with van der Waals surface area (Å²) in [5.41, 5.74) is 3.81. The predicted molar refractivity (Wildman–Crippen MR) is 102 cm³/mol. The molecule has 26 heavy (non-hydrogen) atoms. The first-order valence-electron chi connectivity index (χ1n) is 8.97. The number of carbonyl (C=O) groups excluding carboxylic acids is 1. The normalized spacial score (nSPS) is 18.2. The van der Waals surface area contributed by atoms with Gasteiger partial charge in [0.25, 0.3) is 0 Å². The molecular formula is C21H24N4O. The van der Waals surface area contributed by atoms with Crippen molar-refractivity contribution < 1.29 is 4.79 Å². The summed E-state index contributed by atoms with van der Waals surface area (Å²) in [7, 11) is 1.97. The van der Waals surface area contributed by atoms with E-state index in [4.69, 9.17) is 0 Å². The van der Waals surface area contributed by atoms with Crippen molar-refractivity contribution in [2.24, 2.45) is 23.8 Å². The summed E-state index contributed by atoms with van der Waals surface area (Å²) < 4.78 is 1.98. The summed E-state index contributed by atoms with van der Waals surface area (Å²) in [4.78, 5) is 16.9. The van der Waals surface area contributed by atoms with E-state index >= 15 is 0 Å². The van der Waals surface area contributed by atoms with Gasteiger partial charge in [-0.2, -0.15) is 10.2 Å². The fraction of sp³-hybridized carbons (Fsp3) is 0.429. The number of benzene rings is 1. The van der Waals surface area contributed by atoms with Crippen LogP contribution in [0.5, 0.6) is 0 Å². The lowest BCUT2D eigenvalue weighted by Gasteiger charge is -2.06. The second kappa shape index (κ2) is 5.47. The van der Waals surface area contributed by atoms with Gasteiger partial charge in [-0.05, 0) is 29.0 Å². The lowest BCUT2D eigenvalue weighted by Crippen LogP contribution is -2.11. The molecule has 0 radical (unpaired) electrons. The molecule has 1 aromatic carbocycles. The zero-order chi connectivity index (χ0) is 18.7. The van der Waals surface area contributed by atoms with Crippen molar-refractivity contribution in [3.05, 3.63) is 42.5 Å². The smallest absolute Gasteiger partial charge is 0.143 e. The van der Waals surface area contributed by atoms with Crippen LogP contribution in [0.1, 0.15) is 33.4 Å². The maximum Gasteiger partial charge on any atom is 0.143 e. The highest BCUT2D eigenvalue weighted by molar-refractivity contribution is 5.89. The van der Waals surface area contributed by atoms with E-state index in [0.717, 1.165) is 27.9 Å². The third kappa shape index (κ3) is 2.45. The fourth-order valence-corrected chi connectivity index (χ4v) is 4.25. The lowest BCUT2D eigenvalue weighted by atomic mass is 10.0. The number of rotatable bonds is 4. The summed E-state index contributed by atoms with van der Waals surface area (Å²) in [6, 6.07) is 8.06. The summed E-state index contributed by atoms with van der Waals surface area (Å²) in [5, 5.41) is 9.58. The highest BCUT2D eigenvalue weighted by Crippen LogP contribution is 2.68. The zero-order valence-electron chi connectivity index (χ0n) is 15.9. The Morgan fingerprint density at radius 2 is 1.85 bits per heavy atom. The monoisotopic (exact) mass is 348 g/mol. The van der Waals surface area contributed by atoms with E-state index in [1.54, 1.807) is 6.33 Å². The molecule has 2 heterocycles. The molecule has 1 aliphatic carbocycles. The number of aromatic nitrogens is 4. The van der Waals surface area contributed by atoms with Crippen molar-refractivity contribution in [2.45, 2.75) is 34.1 Å². The Kier molecular flexibility index (Phi) is 3.55. The number of hydrogen-bond donors (Lipinski definition) is 0. The number of aryl methyl sites for hydroxylation is 1. The lowest BCUT2D eigenvalue weighted by molar-refractivity contribution is -0.120. The largest absolute Gasteiger partial charge is 0.334 e. The number of imidazole rings is 1. The molecule has 0 spiro atoms. The van der Waals surface area contributed by atoms with E-state index < -0.39 is 0 Å². The van der Waals surface area contributed by atoms with Gasteiger partial charge in [0.2, 0.25) is 0 Å². The van der Waals surface area contributed by atoms with Gasteiger partial charge in [0.05, 0.1) is 35.8 Å². The summed E-state index contributed by atoms with van der Waals surface area (Å²) in [5.74, 6) is 0.352. The molecule has 5 heteroatoms. The van der Waals surface area contributed by atoms with Gasteiger partial charge in [-0.3, -0.25) is 4.79 Å². The van der Waals surface area contributed by atoms with Crippen molar-refractivity contribution in [1.29, 1.82) is 0 Å². The first-order chi connectivity index (χ1) is 12.2. The van der Waals surface area contributed by atoms with Crippen LogP contribution < -0.4 is 0 Å². The van der Waals surface area contributed by atoms with Gasteiger partial charge in [-0.15, -0.1) is 0 Å². The number of ketones is 1. The average Bonchev–Trinajstić information content (AvgIpc) is 2.86. The first-order valence-corrected chi connectivity index (χ1v) is 8.97. The second-order valence-electron chi connectivity index (χ2n) is 8.52. The SMILES string of the molecule is Cn1cncc1-c1ccc2nnc(CC(=O)C3C(C)(C)C3(C)C)cc2c1. The maximum atomic E-state index is 12.8. The number of carbonyl (C=O) groups is 1. The molecule has 1 fully saturated rings. The van der Waals surface area contributed by atoms with E-state index in [9.17, 15) is 4.79 Å². The van der Waals surface area contributed by atoms with Crippen LogP contribution in [-0.2, 0) is 18.3 Å². The molecule has 3 aromatic rings. The van der Waals surface area contributed by atoms with Crippen LogP contribution in [0.15, 0.2) is 36.8 Å². The van der Waals surface area contributed by atoms with Gasteiger partial charge in [-0.25, -0.2) is 4.98 Å². The summed E-state index contributed by atoms with van der Waals surface area (Å²) in [6.07, 6.45) is 3.97. The number of Topliss-reactive ketones (excluding diaryl/α,β-unsaturated/α-hetero) is 1. The Morgan fingerprint density at radius 3 is 2.46 bits per heavy atom. The van der Waals surface area contributed by atoms with Crippen LogP contribution in [0.25, 0.3) is 22.2 Å². The van der Waals surface area contributed by atoms with Crippen LogP contribution in [-0.4, -0.2) is 25.5 Å². The van der Waals surface area contributed by atoms with Crippen LogP contribution >= 0.6 is 0 Å². The Morgan fingerprint density at radius 1 is 1.12 bits per heavy atom. The maximum absolute atomic E-state index is 12.8. The molecule has 2 aromatic heterocycles. The Hall–Kier alpha value is -2.56. The van der Waals surface area contributed by atoms with Crippen LogP contribution in [0.2, 0.25) is 0 Å². The Balaban J connectivity index is 1.63. The number of hydrogen-bond acceptors (Lipinski definition) is 4. The van der Waals surface area contributed by atoms with Gasteiger partial charge in [-0.1, -0.05) is 33.8 Å². The highest BCUT2D eigenvalue weighted by atomic mass is 16.1. The third-order valence-electron chi connectivity index (χ3n) is 6.45. The molecule has 0 saturated heterocycles. The minimum atomic E-state index is 0.0566. The average molecular weight is 348 g/mol. The van der Waals surface area contributed by atoms with E-state index in [0.29, 0.717) is 6.42 Å². The summed E-state index contributed by atoms with van der Waals surface area (Å²) in [6.45, 7) is 8.67. The molecule has 1 saturated carbocycles. The molecule has 0 aliphatic heterocycles. The minimum absolute atomic E-state index is 0.0566. The molecule has 0 bridgehead atoms. The molecule has 4 rings (SSSR count). The van der Waals surface area contributed by atoms with Crippen molar-refractivity contribution in [2.75, 3.05) is 0 Å². The standard InChI is InChI=1S/C21H24N4O/c1-20(2)19(21(20,3)4)18(26)10-15-9-14-8-13(6-7-16(14)24-23-15)17-11-22-12-25(17)5/h6-9,11-12,19H,10H2,1-5H3. The second-order valence-corrected chi connectivity index (χ2v) is 8.52. The predicted octanol–water partition coefficient (Wildman–Crippen LogP) is 3.82. The van der Waals surface area contributed by atoms with E-state index in [2.05, 4.69) is 48.9 Å². The first kappa shape index (κ1) is 16.9. The quantitative estimate of drug-likeness (QED) is 0.719. The molecule has 0 unspecified atom stereocenters. The van der Waals surface area contributed by atoms with Crippen LogP contribution in [0.4, 0.5) is 0 Å². The van der Waals surface area contributed by atoms with Gasteiger partial charge in [0.15, 0.2) is 0 Å². The zero-order valence-corrected chi connectivity index (χ0v) is 15.9. The Labute approximate surface area is 153 Å². The van der Waals surface area contributed by atoms with Crippen molar-refractivity contribution in [3.8, 4) is 11.3 Å². The molecule has 0 atom stereocenters. The third-order valence-corrected chi connectivity index (χ3v) is 6.45. The van der Waals surface area contributed by atoms with Crippen LogP contribution in [0, 0.1) is 16.7 Å². The van der Waals surface area contributed by atoms with Crippen molar-refractivity contribution >= 4 is 16.7 Å². The molecule has 0 amide bonds. The van der Waals surface area contributed by atoms with Gasteiger partial charge in [0, 0.05) is 23.9 Å². The number of nitrogens with zero attached hydrogens (tertiary/aromatic N) is 4. The number of fused-ring (bicyclic) bond motifs is 1.